The second-order valence-corrected chi connectivity index (χ2v) is 0.848. The molecule has 0 saturated heterocycles. The molecule has 36 valence electrons. The first-order valence-corrected chi connectivity index (χ1v) is 1.95. The Morgan fingerprint density at radius 3 is 1.50 bits per heavy atom. The van der Waals surface area contributed by atoms with Crippen molar-refractivity contribution in [2.24, 2.45) is 0 Å². The summed E-state index contributed by atoms with van der Waals surface area (Å²) in [5.74, 6) is 0. The monoisotopic (exact) mass is 238 g/mol. The van der Waals surface area contributed by atoms with E-state index in [9.17, 15) is 0 Å². The number of rotatable bonds is 0. The molecule has 0 aromatic heterocycles. The van der Waals surface area contributed by atoms with Crippen LogP contribution in [-0.2, 0) is 4.46 Å². The third-order valence-corrected chi connectivity index (χ3v) is 0. The van der Waals surface area contributed by atoms with Crippen LogP contribution in [0.1, 0.15) is 2.85 Å². The van der Waals surface area contributed by atoms with Crippen LogP contribution in [-0.4, -0.2) is 67.6 Å². The van der Waals surface area contributed by atoms with Gasteiger partial charge in [-0.1, -0.05) is 0 Å². The molecule has 6 heavy (non-hydrogen) atoms. The molecule has 0 atom stereocenters. The minimum absolute atomic E-state index is 0. The fourth-order valence-electron chi connectivity index (χ4n) is 0. The summed E-state index contributed by atoms with van der Waals surface area (Å²) < 4.78 is 8.74. The summed E-state index contributed by atoms with van der Waals surface area (Å²) in [6.07, 6.45) is 0. The van der Waals surface area contributed by atoms with Crippen molar-refractivity contribution in [3.8, 4) is 0 Å². The zero-order valence-corrected chi connectivity index (χ0v) is 8.36. The van der Waals surface area contributed by atoms with Gasteiger partial charge in [0, 0.05) is 0 Å². The van der Waals surface area contributed by atoms with Gasteiger partial charge in [0.05, 0.1) is 0 Å². The molecule has 0 aromatic carbocycles. The normalized spacial score (nSPS) is 4.00. The third-order valence-electron chi connectivity index (χ3n) is 0. The van der Waals surface area contributed by atoms with Gasteiger partial charge >= 0.3 is 58.1 Å². The van der Waals surface area contributed by atoms with Crippen molar-refractivity contribution in [2.45, 2.75) is 0 Å². The molecule has 0 aliphatic rings. The molecule has 0 rings (SSSR count). The predicted molar refractivity (Wildman–Crippen MR) is 21.4 cm³/mol. The van der Waals surface area contributed by atoms with Gasteiger partial charge in [-0.2, -0.15) is 0 Å². The maximum Gasteiger partial charge on any atom is 2.00 e. The van der Waals surface area contributed by atoms with Crippen molar-refractivity contribution in [3.63, 3.8) is 0 Å². The number of hydrogen-bond donors (Lipinski definition) is 2. The zero-order chi connectivity index (χ0) is 3.58. The first kappa shape index (κ1) is 15.7. The molecule has 2 N–H and O–H groups in total. The largest absolute Gasteiger partial charge is 2.00 e. The molecule has 0 aliphatic heterocycles. The summed E-state index contributed by atoms with van der Waals surface area (Å²) in [7, 11) is -3.13. The topological polar surface area (TPSA) is 57.5 Å². The van der Waals surface area contributed by atoms with E-state index in [2.05, 4.69) is 0 Å². The molecule has 0 aromatic rings. The fraction of sp³-hybridized carbons (Fsp3) is 0. The van der Waals surface area contributed by atoms with Gasteiger partial charge < -0.3 is 12.4 Å². The Hall–Kier alpha value is 1.12. The predicted octanol–water partition coefficient (Wildman–Crippen LogP) is -1.62. The van der Waals surface area contributed by atoms with E-state index in [0.29, 0.717) is 0 Å². The summed E-state index contributed by atoms with van der Waals surface area (Å²) in [5.41, 5.74) is 0. The average molecular weight is 237 g/mol. The number of halogens is 1. The molecular formula is H5BaFO3Si. The van der Waals surface area contributed by atoms with E-state index < -0.39 is 9.17 Å². The first-order valence-electron chi connectivity index (χ1n) is 0.651. The number of hydrogen-bond acceptors (Lipinski definition) is 1. The van der Waals surface area contributed by atoms with Crippen LogP contribution in [0.2, 0.25) is 0 Å². The van der Waals surface area contributed by atoms with E-state index >= 15 is 0 Å². The second-order valence-electron chi connectivity index (χ2n) is 0.283. The van der Waals surface area contributed by atoms with Gasteiger partial charge in [-0.15, -0.1) is 0 Å². The summed E-state index contributed by atoms with van der Waals surface area (Å²) in [4.78, 5) is 14.3. The van der Waals surface area contributed by atoms with Crippen LogP contribution in [0.4, 0.5) is 4.70 Å². The summed E-state index contributed by atoms with van der Waals surface area (Å²) >= 11 is 0. The van der Waals surface area contributed by atoms with Gasteiger partial charge in [0.2, 0.25) is 0 Å². The standard InChI is InChI=1S/Ba.FH.H2O3Si.2H/c;;1-4(2)3;;/h;1H;1-2H;;/q+2;;;2*-1. The van der Waals surface area contributed by atoms with E-state index in [1.165, 1.54) is 0 Å². The van der Waals surface area contributed by atoms with Crippen LogP contribution >= 0.6 is 0 Å². The minimum atomic E-state index is -3.13. The van der Waals surface area contributed by atoms with E-state index in [-0.39, 0.29) is 56.4 Å². The van der Waals surface area contributed by atoms with Crippen LogP contribution in [0.25, 0.3) is 0 Å². The molecule has 3 nitrogen and oxygen atoms in total. The summed E-state index contributed by atoms with van der Waals surface area (Å²) in [6.45, 7) is 0. The molecule has 6 heteroatoms. The Kier molecular flexibility index (Phi) is 24.7. The van der Waals surface area contributed by atoms with Gasteiger partial charge in [0.15, 0.2) is 0 Å². The van der Waals surface area contributed by atoms with E-state index in [1.807, 2.05) is 0 Å². The van der Waals surface area contributed by atoms with Crippen molar-refractivity contribution in [1.82, 2.24) is 0 Å². The average Bonchev–Trinajstić information content (AvgIpc) is 0.811. The Morgan fingerprint density at radius 1 is 1.50 bits per heavy atom. The van der Waals surface area contributed by atoms with Crippen LogP contribution in [0.5, 0.6) is 0 Å². The third kappa shape index (κ3) is 69.4. The molecule has 0 spiro atoms. The van der Waals surface area contributed by atoms with E-state index in [4.69, 9.17) is 14.1 Å². The molecular weight excluding hydrogens is 232 g/mol. The Labute approximate surface area is 78.7 Å². The van der Waals surface area contributed by atoms with Gasteiger partial charge in [-0.05, 0) is 0 Å². The minimum Gasteiger partial charge on any atom is -1.00 e. The van der Waals surface area contributed by atoms with Crippen LogP contribution < -0.4 is 0 Å². The van der Waals surface area contributed by atoms with E-state index in [0.717, 1.165) is 0 Å². The Balaban J connectivity index is -0.00000000750. The summed E-state index contributed by atoms with van der Waals surface area (Å²) in [6, 6.07) is 0. The van der Waals surface area contributed by atoms with E-state index in [1.54, 1.807) is 0 Å². The van der Waals surface area contributed by atoms with Gasteiger partial charge in [0.1, 0.15) is 0 Å². The van der Waals surface area contributed by atoms with Crippen LogP contribution in [0.15, 0.2) is 0 Å². The fourth-order valence-corrected chi connectivity index (χ4v) is 0. The van der Waals surface area contributed by atoms with Crippen molar-refractivity contribution >= 4 is 58.1 Å². The van der Waals surface area contributed by atoms with Crippen LogP contribution in [0.3, 0.4) is 0 Å². The maximum atomic E-state index is 8.74. The molecule has 0 bridgehead atoms. The quantitative estimate of drug-likeness (QED) is 0.498. The zero-order valence-electron chi connectivity index (χ0n) is 4.92. The van der Waals surface area contributed by atoms with Crippen molar-refractivity contribution in [1.29, 1.82) is 0 Å². The Morgan fingerprint density at radius 2 is 1.50 bits per heavy atom. The first-order chi connectivity index (χ1) is 1.73. The summed E-state index contributed by atoms with van der Waals surface area (Å²) in [5, 5.41) is 0. The van der Waals surface area contributed by atoms with Gasteiger partial charge in [0.25, 0.3) is 0 Å². The van der Waals surface area contributed by atoms with Crippen LogP contribution in [0, 0.1) is 0 Å². The van der Waals surface area contributed by atoms with Crippen molar-refractivity contribution in [2.75, 3.05) is 0 Å². The molecule has 0 fully saturated rings. The van der Waals surface area contributed by atoms with Gasteiger partial charge in [-0.3, -0.25) is 9.17 Å². The van der Waals surface area contributed by atoms with Gasteiger partial charge in [-0.25, -0.2) is 0 Å². The smallest absolute Gasteiger partial charge is 1.00 e. The molecule has 0 saturated carbocycles. The molecule has 0 amide bonds. The second kappa shape index (κ2) is 9.45. The SMILES string of the molecule is F.O=[Si](O)O.[Ba+2].[H-].[H-]. The molecule has 0 aliphatic carbocycles. The maximum absolute atomic E-state index is 8.74. The van der Waals surface area contributed by atoms with Crippen molar-refractivity contribution < 1.29 is 21.6 Å². The van der Waals surface area contributed by atoms with Crippen molar-refractivity contribution in [3.05, 3.63) is 0 Å². The molecule has 0 unspecified atom stereocenters. The molecule has 0 heterocycles. The Bertz CT molecular complexity index is 40.3. The molecule has 0 radical (unpaired) electrons.